The number of carbonyl (C=O) groups is 2. The van der Waals surface area contributed by atoms with Gasteiger partial charge in [0.2, 0.25) is 11.8 Å². The van der Waals surface area contributed by atoms with E-state index < -0.39 is 0 Å². The third-order valence-electron chi connectivity index (χ3n) is 3.82. The highest BCUT2D eigenvalue weighted by molar-refractivity contribution is 6.31. The van der Waals surface area contributed by atoms with Crippen LogP contribution >= 0.6 is 23.2 Å². The van der Waals surface area contributed by atoms with Gasteiger partial charge >= 0.3 is 0 Å². The van der Waals surface area contributed by atoms with Crippen LogP contribution in [0.2, 0.25) is 10.0 Å². The van der Waals surface area contributed by atoms with Crippen molar-refractivity contribution in [2.24, 2.45) is 0 Å². The Hall–Kier alpha value is -2.04. The van der Waals surface area contributed by atoms with Crippen LogP contribution in [0.5, 0.6) is 0 Å². The molecule has 2 aromatic rings. The first-order valence-corrected chi connectivity index (χ1v) is 8.66. The number of anilines is 1. The number of amides is 2. The minimum absolute atomic E-state index is 0.00554. The highest BCUT2D eigenvalue weighted by Crippen LogP contribution is 2.20. The van der Waals surface area contributed by atoms with E-state index >= 15 is 0 Å². The lowest BCUT2D eigenvalue weighted by Gasteiger charge is -2.20. The van der Waals surface area contributed by atoms with Crippen molar-refractivity contribution in [2.45, 2.75) is 20.3 Å². The highest BCUT2D eigenvalue weighted by Gasteiger charge is 2.14. The van der Waals surface area contributed by atoms with Gasteiger partial charge in [-0.15, -0.1) is 0 Å². The van der Waals surface area contributed by atoms with Crippen LogP contribution in [0.1, 0.15) is 18.1 Å². The minimum atomic E-state index is -0.258. The number of aryl methyl sites for hydroxylation is 1. The number of carbonyl (C=O) groups excluding carboxylic acids is 2. The molecule has 2 rings (SSSR count). The van der Waals surface area contributed by atoms with E-state index in [9.17, 15) is 9.59 Å². The van der Waals surface area contributed by atoms with Crippen molar-refractivity contribution in [1.29, 1.82) is 0 Å². The molecule has 0 radical (unpaired) electrons. The zero-order valence-corrected chi connectivity index (χ0v) is 15.7. The SMILES string of the molecule is CC(=O)N(CCc1ccc(Cl)cc1)CC(=O)Nc1ccc(C)c(Cl)c1. The van der Waals surface area contributed by atoms with Crippen molar-refractivity contribution in [3.63, 3.8) is 0 Å². The molecule has 2 amide bonds. The summed E-state index contributed by atoms with van der Waals surface area (Å²) in [6, 6.07) is 12.8. The van der Waals surface area contributed by atoms with Gasteiger partial charge in [-0.3, -0.25) is 9.59 Å². The van der Waals surface area contributed by atoms with Crippen molar-refractivity contribution in [3.05, 3.63) is 63.6 Å². The fourth-order valence-electron chi connectivity index (χ4n) is 2.31. The quantitative estimate of drug-likeness (QED) is 0.812. The summed E-state index contributed by atoms with van der Waals surface area (Å²) in [5.41, 5.74) is 2.61. The molecule has 0 bridgehead atoms. The number of benzene rings is 2. The van der Waals surface area contributed by atoms with Gasteiger partial charge in [-0.2, -0.15) is 0 Å². The Bertz CT molecular complexity index is 761. The second kappa shape index (κ2) is 8.88. The number of halogens is 2. The summed E-state index contributed by atoms with van der Waals surface area (Å²) in [5.74, 6) is -0.405. The van der Waals surface area contributed by atoms with E-state index in [0.717, 1.165) is 11.1 Å². The van der Waals surface area contributed by atoms with Gasteiger partial charge in [0, 0.05) is 29.2 Å². The van der Waals surface area contributed by atoms with E-state index in [1.165, 1.54) is 11.8 Å². The predicted molar refractivity (Wildman–Crippen MR) is 102 cm³/mol. The van der Waals surface area contributed by atoms with Crippen LogP contribution in [-0.4, -0.2) is 29.8 Å². The van der Waals surface area contributed by atoms with Gasteiger partial charge in [-0.25, -0.2) is 0 Å². The van der Waals surface area contributed by atoms with Crippen molar-refractivity contribution in [3.8, 4) is 0 Å². The molecule has 4 nitrogen and oxygen atoms in total. The lowest BCUT2D eigenvalue weighted by molar-refractivity contribution is -0.132. The number of rotatable bonds is 6. The standard InChI is InChI=1S/C19H20Cl2N2O2/c1-13-3-8-17(11-18(13)21)22-19(25)12-23(14(2)24)10-9-15-4-6-16(20)7-5-15/h3-8,11H,9-10,12H2,1-2H3,(H,22,25). The second-order valence-corrected chi connectivity index (χ2v) is 6.67. The van der Waals surface area contributed by atoms with Crippen molar-refractivity contribution in [2.75, 3.05) is 18.4 Å². The first-order valence-electron chi connectivity index (χ1n) is 7.91. The molecule has 2 aromatic carbocycles. The third-order valence-corrected chi connectivity index (χ3v) is 4.48. The Balaban J connectivity index is 1.93. The molecule has 0 fully saturated rings. The summed E-state index contributed by atoms with van der Waals surface area (Å²) < 4.78 is 0. The Morgan fingerprint density at radius 2 is 1.76 bits per heavy atom. The lowest BCUT2D eigenvalue weighted by atomic mass is 10.1. The molecule has 132 valence electrons. The van der Waals surface area contributed by atoms with Crippen LogP contribution in [0.3, 0.4) is 0 Å². The van der Waals surface area contributed by atoms with Gasteiger partial charge in [0.05, 0.1) is 6.54 Å². The van der Waals surface area contributed by atoms with E-state index in [1.807, 2.05) is 37.3 Å². The highest BCUT2D eigenvalue weighted by atomic mass is 35.5. The van der Waals surface area contributed by atoms with Gasteiger partial charge in [-0.1, -0.05) is 41.4 Å². The lowest BCUT2D eigenvalue weighted by Crippen LogP contribution is -2.38. The summed E-state index contributed by atoms with van der Waals surface area (Å²) in [5, 5.41) is 4.02. The molecule has 25 heavy (non-hydrogen) atoms. The number of hydrogen-bond acceptors (Lipinski definition) is 2. The van der Waals surface area contributed by atoms with E-state index in [4.69, 9.17) is 23.2 Å². The smallest absolute Gasteiger partial charge is 0.243 e. The summed E-state index contributed by atoms with van der Waals surface area (Å²) >= 11 is 11.9. The maximum Gasteiger partial charge on any atom is 0.243 e. The van der Waals surface area contributed by atoms with E-state index in [2.05, 4.69) is 5.32 Å². The largest absolute Gasteiger partial charge is 0.333 e. The molecular formula is C19H20Cl2N2O2. The van der Waals surface area contributed by atoms with Gasteiger partial charge in [0.15, 0.2) is 0 Å². The average Bonchev–Trinajstić information content (AvgIpc) is 2.56. The molecule has 0 atom stereocenters. The van der Waals surface area contributed by atoms with Crippen LogP contribution in [-0.2, 0) is 16.0 Å². The zero-order chi connectivity index (χ0) is 18.4. The minimum Gasteiger partial charge on any atom is -0.333 e. The van der Waals surface area contributed by atoms with Crippen molar-refractivity contribution >= 4 is 40.7 Å². The Labute approximate surface area is 157 Å². The van der Waals surface area contributed by atoms with Gasteiger partial charge in [0.25, 0.3) is 0 Å². The van der Waals surface area contributed by atoms with Crippen LogP contribution < -0.4 is 5.32 Å². The van der Waals surface area contributed by atoms with Crippen molar-refractivity contribution < 1.29 is 9.59 Å². The molecule has 0 saturated heterocycles. The molecule has 0 saturated carbocycles. The Morgan fingerprint density at radius 3 is 2.36 bits per heavy atom. The van der Waals surface area contributed by atoms with Crippen LogP contribution in [0.15, 0.2) is 42.5 Å². The van der Waals surface area contributed by atoms with E-state index in [-0.39, 0.29) is 18.4 Å². The fourth-order valence-corrected chi connectivity index (χ4v) is 2.61. The molecule has 1 N–H and O–H groups in total. The first kappa shape index (κ1) is 19.3. The van der Waals surface area contributed by atoms with Crippen LogP contribution in [0.25, 0.3) is 0 Å². The maximum absolute atomic E-state index is 12.2. The molecule has 0 aromatic heterocycles. The normalized spacial score (nSPS) is 10.4. The molecule has 0 heterocycles. The molecular weight excluding hydrogens is 359 g/mol. The van der Waals surface area contributed by atoms with Gasteiger partial charge < -0.3 is 10.2 Å². The number of nitrogens with zero attached hydrogens (tertiary/aromatic N) is 1. The predicted octanol–water partition coefficient (Wildman–Crippen LogP) is 4.33. The molecule has 6 heteroatoms. The van der Waals surface area contributed by atoms with Gasteiger partial charge in [0.1, 0.15) is 0 Å². The Morgan fingerprint density at radius 1 is 1.08 bits per heavy atom. The van der Waals surface area contributed by atoms with Gasteiger partial charge in [-0.05, 0) is 48.7 Å². The zero-order valence-electron chi connectivity index (χ0n) is 14.2. The topological polar surface area (TPSA) is 49.4 Å². The van der Waals surface area contributed by atoms with Crippen LogP contribution in [0, 0.1) is 6.92 Å². The van der Waals surface area contributed by atoms with E-state index in [1.54, 1.807) is 12.1 Å². The van der Waals surface area contributed by atoms with E-state index in [0.29, 0.717) is 28.7 Å². The fraction of sp³-hybridized carbons (Fsp3) is 0.263. The summed E-state index contributed by atoms with van der Waals surface area (Å²) in [6.07, 6.45) is 0.653. The molecule has 0 spiro atoms. The summed E-state index contributed by atoms with van der Waals surface area (Å²) in [6.45, 7) is 3.80. The molecule has 0 aliphatic carbocycles. The first-order chi connectivity index (χ1) is 11.8. The average molecular weight is 379 g/mol. The molecule has 0 unspecified atom stereocenters. The van der Waals surface area contributed by atoms with Crippen molar-refractivity contribution in [1.82, 2.24) is 4.90 Å². The monoisotopic (exact) mass is 378 g/mol. The number of hydrogen-bond donors (Lipinski definition) is 1. The summed E-state index contributed by atoms with van der Waals surface area (Å²) in [4.78, 5) is 25.5. The maximum atomic E-state index is 12.2. The summed E-state index contributed by atoms with van der Waals surface area (Å²) in [7, 11) is 0. The third kappa shape index (κ3) is 6.07. The molecule has 0 aliphatic heterocycles. The molecule has 0 aliphatic rings. The Kier molecular flexibility index (Phi) is 6.85. The number of nitrogens with one attached hydrogen (secondary N) is 1. The second-order valence-electron chi connectivity index (χ2n) is 5.83. The van der Waals surface area contributed by atoms with Crippen LogP contribution in [0.4, 0.5) is 5.69 Å².